The number of fused-ring (bicyclic) bond motifs is 1. The molecule has 2 unspecified atom stereocenters. The maximum absolute atomic E-state index is 16.8. The van der Waals surface area contributed by atoms with Crippen molar-refractivity contribution in [3.05, 3.63) is 78.4 Å². The van der Waals surface area contributed by atoms with Gasteiger partial charge >= 0.3 is 11.9 Å². The minimum Gasteiger partial charge on any atom is -0.497 e. The van der Waals surface area contributed by atoms with Crippen LogP contribution in [0.15, 0.2) is 67.3 Å². The fourth-order valence-electron chi connectivity index (χ4n) is 4.89. The van der Waals surface area contributed by atoms with E-state index < -0.39 is 35.5 Å². The number of rotatable bonds is 9. The third-order valence-corrected chi connectivity index (χ3v) is 7.28. The summed E-state index contributed by atoms with van der Waals surface area (Å²) in [7, 11) is 1.60. The minimum atomic E-state index is -2.28. The highest BCUT2D eigenvalue weighted by Crippen LogP contribution is 2.51. The van der Waals surface area contributed by atoms with Gasteiger partial charge in [-0.1, -0.05) is 30.3 Å². The highest BCUT2D eigenvalue weighted by molar-refractivity contribution is 5.89. The molecule has 0 spiro atoms. The summed E-state index contributed by atoms with van der Waals surface area (Å²) in [6.07, 6.45) is 0.275. The summed E-state index contributed by atoms with van der Waals surface area (Å²) >= 11 is 0. The van der Waals surface area contributed by atoms with Gasteiger partial charge in [0.2, 0.25) is 0 Å². The second-order valence-electron chi connectivity index (χ2n) is 9.97. The Bertz CT molecular complexity index is 1560. The lowest BCUT2D eigenvalue weighted by Gasteiger charge is -2.36. The van der Waals surface area contributed by atoms with Gasteiger partial charge in [-0.05, 0) is 43.7 Å². The monoisotopic (exact) mass is 563 g/mol. The van der Waals surface area contributed by atoms with Crippen molar-refractivity contribution < 1.29 is 32.9 Å². The number of aromatic nitrogens is 4. The Morgan fingerprint density at radius 3 is 2.61 bits per heavy atom. The topological polar surface area (TPSA) is 127 Å². The Labute approximate surface area is 235 Å². The van der Waals surface area contributed by atoms with Crippen molar-refractivity contribution in [1.82, 2.24) is 19.5 Å². The van der Waals surface area contributed by atoms with Gasteiger partial charge in [0.1, 0.15) is 24.8 Å². The Kier molecular flexibility index (Phi) is 7.59. The van der Waals surface area contributed by atoms with Crippen LogP contribution in [-0.4, -0.2) is 62.5 Å². The summed E-state index contributed by atoms with van der Waals surface area (Å²) in [5, 5.41) is 3.24. The smallest absolute Gasteiger partial charge is 0.338 e. The first-order valence-corrected chi connectivity index (χ1v) is 12.9. The molecule has 0 radical (unpaired) electrons. The number of methoxy groups -OCH3 is 1. The van der Waals surface area contributed by atoms with Gasteiger partial charge in [-0.25, -0.2) is 24.1 Å². The van der Waals surface area contributed by atoms with Crippen molar-refractivity contribution in [3.63, 3.8) is 0 Å². The lowest BCUT2D eigenvalue weighted by molar-refractivity contribution is -0.175. The van der Waals surface area contributed by atoms with Crippen molar-refractivity contribution in [1.29, 1.82) is 0 Å². The molecule has 41 heavy (non-hydrogen) atoms. The first-order chi connectivity index (χ1) is 19.6. The molecule has 0 saturated carbocycles. The molecule has 5 rings (SSSR count). The molecule has 2 aromatic heterocycles. The maximum Gasteiger partial charge on any atom is 0.338 e. The second-order valence-corrected chi connectivity index (χ2v) is 9.97. The molecule has 11 nitrogen and oxygen atoms in total. The summed E-state index contributed by atoms with van der Waals surface area (Å²) in [5.74, 6) is -0.161. The van der Waals surface area contributed by atoms with Crippen LogP contribution in [0.5, 0.6) is 5.75 Å². The second kappa shape index (κ2) is 11.1. The van der Waals surface area contributed by atoms with Crippen LogP contribution in [0.3, 0.4) is 0 Å². The highest BCUT2D eigenvalue weighted by atomic mass is 19.1. The third-order valence-electron chi connectivity index (χ3n) is 7.28. The number of hydrogen-bond donors (Lipinski definition) is 1. The van der Waals surface area contributed by atoms with Gasteiger partial charge in [-0.3, -0.25) is 9.36 Å². The predicted molar refractivity (Wildman–Crippen MR) is 146 cm³/mol. The average molecular weight is 564 g/mol. The molecule has 1 aliphatic rings. The van der Waals surface area contributed by atoms with Gasteiger partial charge in [0.25, 0.3) is 0 Å². The van der Waals surface area contributed by atoms with Crippen LogP contribution in [0.1, 0.15) is 42.9 Å². The highest BCUT2D eigenvalue weighted by Gasteiger charge is 2.66. The van der Waals surface area contributed by atoms with E-state index in [1.54, 1.807) is 37.4 Å². The van der Waals surface area contributed by atoms with Crippen molar-refractivity contribution in [2.45, 2.75) is 50.9 Å². The van der Waals surface area contributed by atoms with E-state index in [1.165, 1.54) is 38.0 Å². The quantitative estimate of drug-likeness (QED) is 0.295. The maximum atomic E-state index is 16.8. The van der Waals surface area contributed by atoms with Crippen LogP contribution in [0.4, 0.5) is 10.2 Å². The van der Waals surface area contributed by atoms with E-state index in [0.29, 0.717) is 29.1 Å². The van der Waals surface area contributed by atoms with E-state index in [2.05, 4.69) is 20.3 Å². The summed E-state index contributed by atoms with van der Waals surface area (Å²) in [6, 6.07) is 15.9. The van der Waals surface area contributed by atoms with Gasteiger partial charge in [-0.2, -0.15) is 0 Å². The van der Waals surface area contributed by atoms with E-state index in [-0.39, 0.29) is 6.61 Å². The van der Waals surface area contributed by atoms with E-state index in [1.807, 2.05) is 24.3 Å². The van der Waals surface area contributed by atoms with Crippen molar-refractivity contribution in [3.8, 4) is 5.75 Å². The van der Waals surface area contributed by atoms with Gasteiger partial charge < -0.3 is 24.3 Å². The number of alkyl halides is 1. The lowest BCUT2D eigenvalue weighted by atomic mass is 9.84. The number of benzene rings is 2. The third kappa shape index (κ3) is 5.30. The number of esters is 2. The van der Waals surface area contributed by atoms with E-state index in [9.17, 15) is 9.59 Å². The lowest BCUT2D eigenvalue weighted by Crippen LogP contribution is -2.55. The molecule has 12 heteroatoms. The van der Waals surface area contributed by atoms with Crippen LogP contribution in [0.2, 0.25) is 0 Å². The molecular weight excluding hydrogens is 533 g/mol. The normalized spacial score (nSPS) is 23.7. The SMILES string of the molecule is COc1cccc(CNc2ncnc3c2ncn3C2O[C@H](COC(=O)c3ccccc3)C(C)(OC(C)=O)[C@@]2(C)F)c1. The Morgan fingerprint density at radius 2 is 1.88 bits per heavy atom. The molecule has 1 saturated heterocycles. The summed E-state index contributed by atoms with van der Waals surface area (Å²) in [5.41, 5.74) is -2.12. The number of nitrogens with one attached hydrogen (secondary N) is 1. The first-order valence-electron chi connectivity index (χ1n) is 12.9. The molecule has 1 aliphatic heterocycles. The number of ether oxygens (including phenoxy) is 4. The van der Waals surface area contributed by atoms with Crippen LogP contribution in [-0.2, 0) is 25.5 Å². The number of nitrogens with zero attached hydrogens (tertiary/aromatic N) is 4. The molecule has 2 aromatic carbocycles. The van der Waals surface area contributed by atoms with Crippen LogP contribution >= 0.6 is 0 Å². The minimum absolute atomic E-state index is 0.300. The zero-order valence-electron chi connectivity index (χ0n) is 23.0. The molecule has 1 fully saturated rings. The Hall–Kier alpha value is -4.58. The van der Waals surface area contributed by atoms with Gasteiger partial charge in [0.15, 0.2) is 34.5 Å². The van der Waals surface area contributed by atoms with Gasteiger partial charge in [0.05, 0.1) is 19.0 Å². The largest absolute Gasteiger partial charge is 0.497 e. The molecule has 4 aromatic rings. The number of carbonyl (C=O) groups excluding carboxylic acids is 2. The van der Waals surface area contributed by atoms with Crippen LogP contribution in [0.25, 0.3) is 11.2 Å². The standard InChI is InChI=1S/C29H30FN5O6/c1-18(36)41-29(3)22(15-39-26(37)20-10-6-5-7-11-20)40-27(28(29,2)30)35-17-34-23-24(32-16-33-25(23)35)31-14-19-9-8-12-21(13-19)38-4/h5-13,16-17,22,27H,14-15H2,1-4H3,(H,31,32,33)/t22-,27?,28+,29?/m1/s1. The number of imidazole rings is 1. The van der Waals surface area contributed by atoms with Crippen LogP contribution in [0, 0.1) is 0 Å². The molecule has 0 amide bonds. The summed E-state index contributed by atoms with van der Waals surface area (Å²) in [6.45, 7) is 3.94. The van der Waals surface area contributed by atoms with E-state index >= 15 is 4.39 Å². The number of halogens is 1. The molecule has 4 atom stereocenters. The predicted octanol–water partition coefficient (Wildman–Crippen LogP) is 4.25. The van der Waals surface area contributed by atoms with Gasteiger partial charge in [0, 0.05) is 13.5 Å². The number of anilines is 1. The van der Waals surface area contributed by atoms with Crippen molar-refractivity contribution >= 4 is 28.9 Å². The summed E-state index contributed by atoms with van der Waals surface area (Å²) < 4.78 is 40.6. The molecular formula is C29H30FN5O6. The van der Waals surface area contributed by atoms with E-state index in [0.717, 1.165) is 11.3 Å². The summed E-state index contributed by atoms with van der Waals surface area (Å²) in [4.78, 5) is 37.7. The molecule has 214 valence electrons. The average Bonchev–Trinajstić information content (AvgIpc) is 3.47. The number of hydrogen-bond acceptors (Lipinski definition) is 10. The molecule has 0 aliphatic carbocycles. The molecule has 3 heterocycles. The van der Waals surface area contributed by atoms with Crippen molar-refractivity contribution in [2.24, 2.45) is 0 Å². The zero-order valence-corrected chi connectivity index (χ0v) is 23.0. The van der Waals surface area contributed by atoms with Crippen molar-refractivity contribution in [2.75, 3.05) is 19.0 Å². The molecule has 0 bridgehead atoms. The Morgan fingerprint density at radius 1 is 1.10 bits per heavy atom. The molecule has 1 N–H and O–H groups in total. The number of carbonyl (C=O) groups is 2. The first kappa shape index (κ1) is 28.0. The zero-order chi connectivity index (χ0) is 29.2. The fourth-order valence-corrected chi connectivity index (χ4v) is 4.89. The van der Waals surface area contributed by atoms with E-state index in [4.69, 9.17) is 18.9 Å². The fraction of sp³-hybridized carbons (Fsp3) is 0.345. The van der Waals surface area contributed by atoms with Gasteiger partial charge in [-0.15, -0.1) is 0 Å². The van der Waals surface area contributed by atoms with Crippen LogP contribution < -0.4 is 10.1 Å². The Balaban J connectivity index is 1.42.